The van der Waals surface area contributed by atoms with Crippen LogP contribution in [0.2, 0.25) is 0 Å². The van der Waals surface area contributed by atoms with Gasteiger partial charge in [0.2, 0.25) is 0 Å². The van der Waals surface area contributed by atoms with E-state index in [9.17, 15) is 0 Å². The lowest BCUT2D eigenvalue weighted by Gasteiger charge is -2.12. The molecule has 20 heavy (non-hydrogen) atoms. The Morgan fingerprint density at radius 2 is 2.25 bits per heavy atom. The number of benzene rings is 1. The van der Waals surface area contributed by atoms with Gasteiger partial charge < -0.3 is 15.2 Å². The lowest BCUT2D eigenvalue weighted by atomic mass is 10.1. The summed E-state index contributed by atoms with van der Waals surface area (Å²) in [6, 6.07) is 6.42. The van der Waals surface area contributed by atoms with E-state index in [4.69, 9.17) is 12.2 Å². The van der Waals surface area contributed by atoms with Crippen molar-refractivity contribution in [1.82, 2.24) is 9.55 Å². The number of nitrogens with two attached hydrogens (primary N) is 1. The number of nitrogens with zero attached hydrogens (tertiary/aromatic N) is 3. The Kier molecular flexibility index (Phi) is 2.90. The van der Waals surface area contributed by atoms with Crippen molar-refractivity contribution in [2.45, 2.75) is 19.9 Å². The van der Waals surface area contributed by atoms with E-state index in [0.717, 1.165) is 30.0 Å². The molecule has 1 aromatic heterocycles. The highest BCUT2D eigenvalue weighted by Crippen LogP contribution is 2.33. The molecule has 0 saturated carbocycles. The van der Waals surface area contributed by atoms with Gasteiger partial charge >= 0.3 is 0 Å². The normalized spacial score (nSPS) is 13.3. The van der Waals surface area contributed by atoms with Crippen LogP contribution in [0.4, 0.5) is 11.5 Å². The molecule has 0 radical (unpaired) electrons. The van der Waals surface area contributed by atoms with Crippen molar-refractivity contribution in [1.29, 1.82) is 0 Å². The second-order valence-corrected chi connectivity index (χ2v) is 5.20. The molecule has 0 fully saturated rings. The smallest absolute Gasteiger partial charge is 0.132 e. The van der Waals surface area contributed by atoms with Gasteiger partial charge in [0.15, 0.2) is 0 Å². The summed E-state index contributed by atoms with van der Waals surface area (Å²) in [5, 5.41) is 0. The Balaban J connectivity index is 2.07. The van der Waals surface area contributed by atoms with Crippen LogP contribution in [0.3, 0.4) is 0 Å². The average molecular weight is 266 g/mol. The number of hydrogen-bond acceptors (Lipinski definition) is 3. The third-order valence-electron chi connectivity index (χ3n) is 3.93. The number of aromatic nitrogens is 2. The zero-order valence-electron chi connectivity index (χ0n) is 11.8. The van der Waals surface area contributed by atoms with Gasteiger partial charge in [0.05, 0.1) is 6.54 Å². The molecule has 1 aromatic carbocycles. The Morgan fingerprint density at radius 1 is 1.45 bits per heavy atom. The van der Waals surface area contributed by atoms with E-state index in [2.05, 4.69) is 41.1 Å². The molecule has 2 N–H and O–H groups in total. The van der Waals surface area contributed by atoms with Crippen molar-refractivity contribution in [2.24, 2.45) is 0 Å². The van der Waals surface area contributed by atoms with Gasteiger partial charge in [0.1, 0.15) is 17.3 Å². The fraction of sp³-hybridized carbons (Fsp3) is 0.312. The molecular formula is C16H18N4. The highest BCUT2D eigenvalue weighted by atomic mass is 15.1. The fourth-order valence-electron chi connectivity index (χ4n) is 2.80. The summed E-state index contributed by atoms with van der Waals surface area (Å²) in [6.07, 6.45) is 6.45. The zero-order chi connectivity index (χ0) is 14.3. The van der Waals surface area contributed by atoms with Crippen LogP contribution in [0, 0.1) is 19.3 Å². The van der Waals surface area contributed by atoms with Gasteiger partial charge in [0, 0.05) is 24.8 Å². The van der Waals surface area contributed by atoms with Gasteiger partial charge in [-0.15, -0.1) is 6.42 Å². The third-order valence-corrected chi connectivity index (χ3v) is 3.93. The lowest BCUT2D eigenvalue weighted by Crippen LogP contribution is -2.12. The van der Waals surface area contributed by atoms with Crippen molar-refractivity contribution in [3.05, 3.63) is 29.6 Å². The maximum atomic E-state index is 6.19. The lowest BCUT2D eigenvalue weighted by molar-refractivity contribution is 0.807. The summed E-state index contributed by atoms with van der Waals surface area (Å²) in [4.78, 5) is 6.84. The van der Waals surface area contributed by atoms with E-state index >= 15 is 0 Å². The summed E-state index contributed by atoms with van der Waals surface area (Å²) in [5.41, 5.74) is 10.7. The molecule has 4 nitrogen and oxygen atoms in total. The summed E-state index contributed by atoms with van der Waals surface area (Å²) in [5.74, 6) is 4.11. The summed E-state index contributed by atoms with van der Waals surface area (Å²) < 4.78 is 1.87. The van der Waals surface area contributed by atoms with Gasteiger partial charge in [0.25, 0.3) is 0 Å². The van der Waals surface area contributed by atoms with E-state index in [1.165, 1.54) is 11.3 Å². The highest BCUT2D eigenvalue weighted by Gasteiger charge is 2.18. The molecule has 1 aliphatic rings. The van der Waals surface area contributed by atoms with Crippen LogP contribution in [0.15, 0.2) is 18.2 Å². The van der Waals surface area contributed by atoms with Gasteiger partial charge in [-0.2, -0.15) is 0 Å². The van der Waals surface area contributed by atoms with E-state index < -0.39 is 0 Å². The second-order valence-electron chi connectivity index (χ2n) is 5.20. The molecule has 0 aliphatic carbocycles. The molecule has 0 amide bonds. The number of hydrogen-bond donors (Lipinski definition) is 1. The topological polar surface area (TPSA) is 47.1 Å². The Bertz CT molecular complexity index is 706. The van der Waals surface area contributed by atoms with Crippen LogP contribution in [-0.4, -0.2) is 23.1 Å². The van der Waals surface area contributed by atoms with Gasteiger partial charge in [-0.1, -0.05) is 12.0 Å². The number of imidazole rings is 1. The van der Waals surface area contributed by atoms with Crippen molar-refractivity contribution < 1.29 is 0 Å². The fourth-order valence-corrected chi connectivity index (χ4v) is 2.80. The van der Waals surface area contributed by atoms with E-state index in [1.807, 2.05) is 11.5 Å². The maximum Gasteiger partial charge on any atom is 0.132 e. The Morgan fingerprint density at radius 3 is 3.00 bits per heavy atom. The van der Waals surface area contributed by atoms with Crippen molar-refractivity contribution >= 4 is 11.5 Å². The van der Waals surface area contributed by atoms with Crippen LogP contribution in [0.25, 0.3) is 11.3 Å². The van der Waals surface area contributed by atoms with Crippen LogP contribution < -0.4 is 10.6 Å². The highest BCUT2D eigenvalue weighted by molar-refractivity contribution is 5.75. The summed E-state index contributed by atoms with van der Waals surface area (Å²) in [7, 11) is 2.12. The first-order chi connectivity index (χ1) is 9.61. The quantitative estimate of drug-likeness (QED) is 0.846. The number of terminal acetylenes is 1. The van der Waals surface area contributed by atoms with Crippen molar-refractivity contribution in [3.8, 4) is 23.6 Å². The Labute approximate surface area is 119 Å². The second kappa shape index (κ2) is 4.61. The molecule has 0 spiro atoms. The van der Waals surface area contributed by atoms with E-state index in [-0.39, 0.29) is 0 Å². The standard InChI is InChI=1S/C16H18N4/c1-4-8-20-11(2)18-15(16(20)17)13-5-6-14-12(10-13)7-9-19(14)3/h1,5-6,10H,7-9,17H2,2-3H3. The average Bonchev–Trinajstić information content (AvgIpc) is 2.94. The molecule has 102 valence electrons. The van der Waals surface area contributed by atoms with Gasteiger partial charge in [-0.05, 0) is 31.0 Å². The monoisotopic (exact) mass is 266 g/mol. The molecule has 0 bridgehead atoms. The summed E-state index contributed by atoms with van der Waals surface area (Å²) in [6.45, 7) is 3.45. The Hall–Kier alpha value is -2.41. The van der Waals surface area contributed by atoms with E-state index in [1.54, 1.807) is 0 Å². The minimum atomic E-state index is 0.457. The molecule has 0 atom stereocenters. The molecule has 1 aliphatic heterocycles. The van der Waals surface area contributed by atoms with Crippen LogP contribution in [0.5, 0.6) is 0 Å². The van der Waals surface area contributed by atoms with E-state index in [0.29, 0.717) is 12.4 Å². The van der Waals surface area contributed by atoms with Crippen molar-refractivity contribution in [2.75, 3.05) is 24.2 Å². The van der Waals surface area contributed by atoms with Crippen LogP contribution in [-0.2, 0) is 13.0 Å². The van der Waals surface area contributed by atoms with Crippen molar-refractivity contribution in [3.63, 3.8) is 0 Å². The van der Waals surface area contributed by atoms with Gasteiger partial charge in [-0.3, -0.25) is 0 Å². The number of likely N-dealkylation sites (N-methyl/N-ethyl adjacent to an activating group) is 1. The largest absolute Gasteiger partial charge is 0.383 e. The first-order valence-electron chi connectivity index (χ1n) is 6.72. The zero-order valence-corrected chi connectivity index (χ0v) is 11.8. The minimum absolute atomic E-state index is 0.457. The molecule has 2 heterocycles. The molecule has 2 aromatic rings. The summed E-state index contributed by atoms with van der Waals surface area (Å²) >= 11 is 0. The maximum absolute atomic E-state index is 6.19. The number of fused-ring (bicyclic) bond motifs is 1. The predicted molar refractivity (Wildman–Crippen MR) is 82.6 cm³/mol. The molecule has 4 heteroatoms. The van der Waals surface area contributed by atoms with Crippen LogP contribution >= 0.6 is 0 Å². The van der Waals surface area contributed by atoms with Crippen LogP contribution in [0.1, 0.15) is 11.4 Å². The first-order valence-corrected chi connectivity index (χ1v) is 6.72. The van der Waals surface area contributed by atoms with Gasteiger partial charge in [-0.25, -0.2) is 4.98 Å². The number of anilines is 2. The number of nitrogen functional groups attached to an aromatic ring is 1. The molecule has 0 saturated heterocycles. The number of aryl methyl sites for hydroxylation is 1. The minimum Gasteiger partial charge on any atom is -0.383 e. The molecule has 0 unspecified atom stereocenters. The number of rotatable bonds is 2. The third kappa shape index (κ3) is 1.83. The predicted octanol–water partition coefficient (Wildman–Crippen LogP) is 2.07. The molecular weight excluding hydrogens is 248 g/mol. The SMILES string of the molecule is C#CCn1c(C)nc(-c2ccc3c(c2)CCN3C)c1N. The molecule has 3 rings (SSSR count). The first kappa shape index (κ1) is 12.6.